The summed E-state index contributed by atoms with van der Waals surface area (Å²) in [5.74, 6) is -0.825. The number of carbonyl (C=O) groups excluding carboxylic acids is 1. The first kappa shape index (κ1) is 14.4. The number of carboxylic acid groups (broad SMARTS) is 1. The maximum atomic E-state index is 11.5. The van der Waals surface area contributed by atoms with E-state index in [9.17, 15) is 14.7 Å². The zero-order valence-electron chi connectivity index (χ0n) is 11.4. The molecule has 4 unspecified atom stereocenters. The largest absolute Gasteiger partial charge is 0.481 e. The van der Waals surface area contributed by atoms with Crippen molar-refractivity contribution >= 4 is 33.5 Å². The second-order valence-corrected chi connectivity index (χ2v) is 6.78. The van der Waals surface area contributed by atoms with Gasteiger partial charge in [0.1, 0.15) is 0 Å². The number of carboxylic acids is 1. The van der Waals surface area contributed by atoms with Crippen LogP contribution in [0.2, 0.25) is 0 Å². The molecular formula is C15H17BrN2O3. The zero-order chi connectivity index (χ0) is 15.1. The van der Waals surface area contributed by atoms with Gasteiger partial charge in [-0.3, -0.25) is 9.59 Å². The Bertz CT molecular complexity index is 605. The van der Waals surface area contributed by atoms with Crippen molar-refractivity contribution in [2.45, 2.75) is 25.3 Å². The van der Waals surface area contributed by atoms with Gasteiger partial charge in [-0.2, -0.15) is 0 Å². The number of aliphatic carboxylic acids is 1. The molecule has 2 saturated carbocycles. The molecule has 0 aromatic heterocycles. The van der Waals surface area contributed by atoms with Crippen LogP contribution in [-0.4, -0.2) is 23.0 Å². The number of hydrogen-bond acceptors (Lipinski definition) is 3. The Kier molecular flexibility index (Phi) is 3.65. The molecule has 4 N–H and O–H groups in total. The van der Waals surface area contributed by atoms with Crippen LogP contribution in [0, 0.1) is 17.8 Å². The average Bonchev–Trinajstić information content (AvgIpc) is 3.01. The lowest BCUT2D eigenvalue weighted by Crippen LogP contribution is -2.39. The van der Waals surface area contributed by atoms with Crippen molar-refractivity contribution in [1.29, 1.82) is 0 Å². The van der Waals surface area contributed by atoms with Gasteiger partial charge in [-0.15, -0.1) is 0 Å². The highest BCUT2D eigenvalue weighted by molar-refractivity contribution is 9.10. The molecule has 0 radical (unpaired) electrons. The first-order chi connectivity index (χ1) is 9.97. The van der Waals surface area contributed by atoms with E-state index in [4.69, 9.17) is 5.73 Å². The molecule has 1 aromatic carbocycles. The molecule has 2 aliphatic rings. The van der Waals surface area contributed by atoms with E-state index in [1.54, 1.807) is 18.2 Å². The molecule has 3 rings (SSSR count). The Labute approximate surface area is 131 Å². The van der Waals surface area contributed by atoms with Crippen molar-refractivity contribution in [1.82, 2.24) is 0 Å². The fourth-order valence-electron chi connectivity index (χ4n) is 3.82. The molecule has 1 amide bonds. The summed E-state index contributed by atoms with van der Waals surface area (Å²) in [6, 6.07) is 5.04. The minimum atomic E-state index is -0.718. The summed E-state index contributed by atoms with van der Waals surface area (Å²) in [4.78, 5) is 22.7. The normalized spacial score (nSPS) is 30.3. The lowest BCUT2D eigenvalue weighted by Gasteiger charge is -2.30. The van der Waals surface area contributed by atoms with Crippen molar-refractivity contribution in [3.8, 4) is 0 Å². The third-order valence-electron chi connectivity index (χ3n) is 4.78. The van der Waals surface area contributed by atoms with Gasteiger partial charge in [-0.25, -0.2) is 0 Å². The third kappa shape index (κ3) is 2.52. The molecule has 0 saturated heterocycles. The second-order valence-electron chi connectivity index (χ2n) is 5.93. The smallest absolute Gasteiger partial charge is 0.308 e. The van der Waals surface area contributed by atoms with Crippen LogP contribution >= 0.6 is 15.9 Å². The Morgan fingerprint density at radius 2 is 2.00 bits per heavy atom. The van der Waals surface area contributed by atoms with Crippen LogP contribution < -0.4 is 11.1 Å². The summed E-state index contributed by atoms with van der Waals surface area (Å²) in [7, 11) is 0. The zero-order valence-corrected chi connectivity index (χ0v) is 13.0. The number of halogens is 1. The van der Waals surface area contributed by atoms with Crippen LogP contribution in [0.1, 0.15) is 29.6 Å². The number of amides is 1. The Morgan fingerprint density at radius 3 is 2.62 bits per heavy atom. The van der Waals surface area contributed by atoms with E-state index < -0.39 is 11.9 Å². The number of fused-ring (bicyclic) bond motifs is 2. The summed E-state index contributed by atoms with van der Waals surface area (Å²) < 4.78 is 0.728. The molecule has 1 aromatic rings. The number of hydrogen-bond donors (Lipinski definition) is 3. The van der Waals surface area contributed by atoms with Crippen molar-refractivity contribution in [3.63, 3.8) is 0 Å². The topological polar surface area (TPSA) is 92.4 Å². The SMILES string of the molecule is NC(=O)c1ccc(NC2C3CCC(C3)C2C(=O)O)c(Br)c1. The molecule has 2 bridgehead atoms. The summed E-state index contributed by atoms with van der Waals surface area (Å²) in [6.45, 7) is 0. The molecule has 5 nitrogen and oxygen atoms in total. The molecular weight excluding hydrogens is 336 g/mol. The summed E-state index contributed by atoms with van der Waals surface area (Å²) >= 11 is 3.42. The van der Waals surface area contributed by atoms with Gasteiger partial charge in [-0.1, -0.05) is 0 Å². The van der Waals surface area contributed by atoms with E-state index in [1.807, 2.05) is 0 Å². The number of benzene rings is 1. The number of primary amides is 1. The second kappa shape index (κ2) is 5.33. The maximum absolute atomic E-state index is 11.5. The predicted octanol–water partition coefficient (Wildman–Crippen LogP) is 2.46. The fourth-order valence-corrected chi connectivity index (χ4v) is 4.31. The van der Waals surface area contributed by atoms with Crippen molar-refractivity contribution < 1.29 is 14.7 Å². The number of nitrogens with two attached hydrogens (primary N) is 1. The van der Waals surface area contributed by atoms with Gasteiger partial charge >= 0.3 is 5.97 Å². The molecule has 2 aliphatic carbocycles. The molecule has 21 heavy (non-hydrogen) atoms. The van der Waals surface area contributed by atoms with E-state index in [0.717, 1.165) is 29.4 Å². The van der Waals surface area contributed by atoms with Gasteiger partial charge in [0.15, 0.2) is 0 Å². The molecule has 0 aliphatic heterocycles. The Balaban J connectivity index is 1.83. The Hall–Kier alpha value is -1.56. The minimum absolute atomic E-state index is 0.0445. The summed E-state index contributed by atoms with van der Waals surface area (Å²) in [5, 5.41) is 12.8. The lowest BCUT2D eigenvalue weighted by molar-refractivity contribution is -0.143. The molecule has 6 heteroatoms. The monoisotopic (exact) mass is 352 g/mol. The van der Waals surface area contributed by atoms with E-state index in [1.165, 1.54) is 0 Å². The van der Waals surface area contributed by atoms with Crippen LogP contribution in [0.25, 0.3) is 0 Å². The highest BCUT2D eigenvalue weighted by atomic mass is 79.9. The van der Waals surface area contributed by atoms with Crippen LogP contribution in [0.5, 0.6) is 0 Å². The van der Waals surface area contributed by atoms with Crippen molar-refractivity contribution in [2.24, 2.45) is 23.5 Å². The quantitative estimate of drug-likeness (QED) is 0.775. The molecule has 0 spiro atoms. The summed E-state index contributed by atoms with van der Waals surface area (Å²) in [5.41, 5.74) is 6.48. The van der Waals surface area contributed by atoms with Crippen LogP contribution in [-0.2, 0) is 4.79 Å². The van der Waals surface area contributed by atoms with E-state index >= 15 is 0 Å². The van der Waals surface area contributed by atoms with Gasteiger partial charge in [0.05, 0.1) is 5.92 Å². The van der Waals surface area contributed by atoms with Crippen LogP contribution in [0.15, 0.2) is 22.7 Å². The van der Waals surface area contributed by atoms with Gasteiger partial charge in [0.2, 0.25) is 5.91 Å². The number of nitrogens with one attached hydrogen (secondary N) is 1. The lowest BCUT2D eigenvalue weighted by atomic mass is 9.84. The molecule has 4 atom stereocenters. The van der Waals surface area contributed by atoms with E-state index in [-0.39, 0.29) is 17.9 Å². The summed E-state index contributed by atoms with van der Waals surface area (Å²) in [6.07, 6.45) is 3.09. The van der Waals surface area contributed by atoms with Gasteiger partial charge in [0.25, 0.3) is 0 Å². The fraction of sp³-hybridized carbons (Fsp3) is 0.467. The number of rotatable bonds is 4. The maximum Gasteiger partial charge on any atom is 0.308 e. The standard InChI is InChI=1S/C15H17BrN2O3/c16-10-6-9(14(17)19)3-4-11(10)18-13-8-2-1-7(5-8)12(13)15(20)21/h3-4,6-8,12-13,18H,1-2,5H2,(H2,17,19)(H,20,21). The van der Waals surface area contributed by atoms with Crippen LogP contribution in [0.3, 0.4) is 0 Å². The first-order valence-electron chi connectivity index (χ1n) is 7.06. The van der Waals surface area contributed by atoms with Gasteiger partial charge < -0.3 is 16.2 Å². The van der Waals surface area contributed by atoms with Gasteiger partial charge in [0, 0.05) is 21.8 Å². The molecule has 112 valence electrons. The number of anilines is 1. The molecule has 0 heterocycles. The van der Waals surface area contributed by atoms with Crippen molar-refractivity contribution in [3.05, 3.63) is 28.2 Å². The predicted molar refractivity (Wildman–Crippen MR) is 82.0 cm³/mol. The average molecular weight is 353 g/mol. The Morgan fingerprint density at radius 1 is 1.29 bits per heavy atom. The molecule has 2 fully saturated rings. The van der Waals surface area contributed by atoms with Crippen LogP contribution in [0.4, 0.5) is 5.69 Å². The highest BCUT2D eigenvalue weighted by Gasteiger charge is 2.51. The first-order valence-corrected chi connectivity index (χ1v) is 7.85. The third-order valence-corrected chi connectivity index (χ3v) is 5.43. The minimum Gasteiger partial charge on any atom is -0.481 e. The van der Waals surface area contributed by atoms with Gasteiger partial charge in [-0.05, 0) is 65.2 Å². The number of carbonyl (C=O) groups is 2. The van der Waals surface area contributed by atoms with E-state index in [0.29, 0.717) is 11.5 Å². The van der Waals surface area contributed by atoms with E-state index in [2.05, 4.69) is 21.2 Å². The van der Waals surface area contributed by atoms with Crippen molar-refractivity contribution in [2.75, 3.05) is 5.32 Å². The highest BCUT2D eigenvalue weighted by Crippen LogP contribution is 2.49.